The number of rotatable bonds is 6. The molecule has 1 saturated heterocycles. The number of carboxylic acids is 2. The Hall–Kier alpha value is -3.54. The molecule has 3 heterocycles. The third-order valence-electron chi connectivity index (χ3n) is 6.26. The Labute approximate surface area is 215 Å². The van der Waals surface area contributed by atoms with Crippen molar-refractivity contribution in [2.45, 2.75) is 37.8 Å². The van der Waals surface area contributed by atoms with Crippen LogP contribution in [0, 0.1) is 5.82 Å². The summed E-state index contributed by atoms with van der Waals surface area (Å²) in [4.78, 5) is 25.1. The first-order valence-corrected chi connectivity index (χ1v) is 12.6. The third kappa shape index (κ3) is 6.43. The van der Waals surface area contributed by atoms with Gasteiger partial charge in [0.2, 0.25) is 0 Å². The fourth-order valence-electron chi connectivity index (χ4n) is 4.42. The maximum Gasteiger partial charge on any atom is 0.414 e. The van der Waals surface area contributed by atoms with Gasteiger partial charge in [-0.3, -0.25) is 4.90 Å². The number of fused-ring (bicyclic) bond motifs is 2. The number of halogens is 1. The van der Waals surface area contributed by atoms with Gasteiger partial charge in [0.05, 0.1) is 21.4 Å². The minimum absolute atomic E-state index is 0.230. The normalized spacial score (nSPS) is 18.8. The molecule has 9 nitrogen and oxygen atoms in total. The van der Waals surface area contributed by atoms with Crippen LogP contribution in [0.1, 0.15) is 30.7 Å². The number of hydrogen-bond acceptors (Lipinski definition) is 8. The van der Waals surface area contributed by atoms with Crippen LogP contribution in [-0.2, 0) is 9.59 Å². The van der Waals surface area contributed by atoms with Gasteiger partial charge in [-0.25, -0.2) is 19.0 Å². The number of carbonyl (C=O) groups is 2. The van der Waals surface area contributed by atoms with E-state index in [4.69, 9.17) is 29.0 Å². The average molecular weight is 531 g/mol. The molecule has 2 aromatic carbocycles. The summed E-state index contributed by atoms with van der Waals surface area (Å²) in [6.07, 6.45) is 2.95. The van der Waals surface area contributed by atoms with Gasteiger partial charge < -0.3 is 24.5 Å². The van der Waals surface area contributed by atoms with Gasteiger partial charge in [-0.15, -0.1) is 11.3 Å². The number of hydrogen-bond donors (Lipinski definition) is 3. The van der Waals surface area contributed by atoms with E-state index in [2.05, 4.69) is 16.8 Å². The third-order valence-corrected chi connectivity index (χ3v) is 7.45. The van der Waals surface area contributed by atoms with Crippen LogP contribution in [0.3, 0.4) is 0 Å². The largest absolute Gasteiger partial charge is 0.490 e. The molecule has 0 radical (unpaired) electrons. The number of aromatic nitrogens is 1. The second kappa shape index (κ2) is 11.7. The summed E-state index contributed by atoms with van der Waals surface area (Å²) >= 11 is 1.60. The first-order valence-electron chi connectivity index (χ1n) is 11.7. The molecule has 1 aliphatic heterocycles. The number of ether oxygens (including phenoxy) is 1. The molecule has 0 unspecified atom stereocenters. The second-order valence-corrected chi connectivity index (χ2v) is 9.93. The minimum atomic E-state index is -1.82. The molecule has 4 aromatic rings. The number of β-amino-alcohol motifs (C(OH)–C–C–N with tert-alkyl or cyclic N) is 1. The van der Waals surface area contributed by atoms with Crippen LogP contribution in [0.25, 0.3) is 21.2 Å². The van der Waals surface area contributed by atoms with Gasteiger partial charge >= 0.3 is 11.9 Å². The van der Waals surface area contributed by atoms with E-state index in [1.807, 2.05) is 30.3 Å². The molecule has 3 N–H and O–H groups in total. The van der Waals surface area contributed by atoms with Crippen molar-refractivity contribution in [1.82, 2.24) is 9.88 Å². The number of carboxylic acid groups (broad SMARTS) is 2. The van der Waals surface area contributed by atoms with Gasteiger partial charge in [0.15, 0.2) is 0 Å². The molecule has 0 spiro atoms. The van der Waals surface area contributed by atoms with Crippen molar-refractivity contribution in [3.63, 3.8) is 0 Å². The van der Waals surface area contributed by atoms with E-state index in [9.17, 15) is 9.50 Å². The van der Waals surface area contributed by atoms with Crippen molar-refractivity contribution in [2.75, 3.05) is 19.7 Å². The number of aliphatic carboxylic acids is 2. The number of para-hydroxylation sites is 1. The maximum atomic E-state index is 14.0. The highest BCUT2D eigenvalue weighted by molar-refractivity contribution is 7.18. The average Bonchev–Trinajstić information content (AvgIpc) is 3.52. The van der Waals surface area contributed by atoms with E-state index < -0.39 is 18.0 Å². The van der Waals surface area contributed by atoms with Crippen LogP contribution in [0.4, 0.5) is 4.39 Å². The van der Waals surface area contributed by atoms with Crippen molar-refractivity contribution in [1.29, 1.82) is 0 Å². The summed E-state index contributed by atoms with van der Waals surface area (Å²) < 4.78 is 26.2. The first-order chi connectivity index (χ1) is 17.7. The van der Waals surface area contributed by atoms with Gasteiger partial charge in [-0.2, -0.15) is 0 Å². The zero-order valence-electron chi connectivity index (χ0n) is 20.0. The van der Waals surface area contributed by atoms with Crippen molar-refractivity contribution >= 4 is 44.5 Å². The second-order valence-electron chi connectivity index (χ2n) is 8.87. The lowest BCUT2D eigenvalue weighted by atomic mass is 9.92. The number of likely N-dealkylation sites (tertiary alicyclic amines) is 1. The van der Waals surface area contributed by atoms with Crippen LogP contribution < -0.4 is 4.74 Å². The van der Waals surface area contributed by atoms with Gasteiger partial charge in [0.1, 0.15) is 35.4 Å². The standard InChI is InChI=1S/C24H25FN2O3S.C2H2O4/c1-15-12-16(24-26-23-19(25)4-2-7-22(23)31-24)8-10-27(15)13-17(28)14-30-21-6-3-5-20-18(21)9-11-29-20;3-1(4)2(5)6/h2-7,9,11,15-17,28H,8,10,12-14H2,1H3;(H,3,4)(H,5,6)/t15-,16+,17-;/m0./s1. The zero-order chi connectivity index (χ0) is 26.5. The van der Waals surface area contributed by atoms with E-state index in [-0.39, 0.29) is 12.4 Å². The topological polar surface area (TPSA) is 133 Å². The van der Waals surface area contributed by atoms with E-state index >= 15 is 0 Å². The van der Waals surface area contributed by atoms with Crippen LogP contribution in [0.2, 0.25) is 0 Å². The lowest BCUT2D eigenvalue weighted by Crippen LogP contribution is -2.45. The predicted molar refractivity (Wildman–Crippen MR) is 136 cm³/mol. The molecule has 2 aromatic heterocycles. The fraction of sp³-hybridized carbons (Fsp3) is 0.346. The Bertz CT molecular complexity index is 1380. The predicted octanol–water partition coefficient (Wildman–Crippen LogP) is 4.35. The zero-order valence-corrected chi connectivity index (χ0v) is 20.9. The van der Waals surface area contributed by atoms with Crippen molar-refractivity contribution < 1.29 is 38.5 Å². The highest BCUT2D eigenvalue weighted by Crippen LogP contribution is 2.36. The lowest BCUT2D eigenvalue weighted by molar-refractivity contribution is -0.159. The monoisotopic (exact) mass is 530 g/mol. The van der Waals surface area contributed by atoms with E-state index in [0.29, 0.717) is 24.0 Å². The highest BCUT2D eigenvalue weighted by atomic mass is 32.1. The van der Waals surface area contributed by atoms with Crippen molar-refractivity contribution in [3.05, 3.63) is 59.6 Å². The molecule has 1 fully saturated rings. The molecule has 196 valence electrons. The molecule has 0 saturated carbocycles. The Morgan fingerprint density at radius 2 is 1.97 bits per heavy atom. The van der Waals surface area contributed by atoms with Gasteiger partial charge in [0, 0.05) is 18.5 Å². The van der Waals surface area contributed by atoms with Gasteiger partial charge in [-0.1, -0.05) is 12.1 Å². The molecule has 0 bridgehead atoms. The lowest BCUT2D eigenvalue weighted by Gasteiger charge is -2.38. The van der Waals surface area contributed by atoms with Crippen LogP contribution >= 0.6 is 11.3 Å². The number of nitrogens with zero attached hydrogens (tertiary/aromatic N) is 2. The summed E-state index contributed by atoms with van der Waals surface area (Å²) in [6.45, 7) is 3.84. The van der Waals surface area contributed by atoms with Crippen LogP contribution in [0.5, 0.6) is 5.75 Å². The Morgan fingerprint density at radius 1 is 1.22 bits per heavy atom. The number of thiazole rings is 1. The summed E-state index contributed by atoms with van der Waals surface area (Å²) in [7, 11) is 0. The summed E-state index contributed by atoms with van der Waals surface area (Å²) in [6, 6.07) is 13.0. The number of piperidine rings is 1. The molecule has 0 amide bonds. The molecule has 5 rings (SSSR count). The van der Waals surface area contributed by atoms with Crippen molar-refractivity contribution in [2.24, 2.45) is 0 Å². The number of aliphatic hydroxyl groups excluding tert-OH is 1. The quantitative estimate of drug-likeness (QED) is 0.311. The minimum Gasteiger partial charge on any atom is -0.490 e. The van der Waals surface area contributed by atoms with Gasteiger partial charge in [0.25, 0.3) is 0 Å². The molecule has 37 heavy (non-hydrogen) atoms. The first kappa shape index (κ1) is 26.5. The molecule has 3 atom stereocenters. The van der Waals surface area contributed by atoms with Crippen LogP contribution in [-0.4, -0.2) is 69.0 Å². The Balaban J connectivity index is 0.000000480. The van der Waals surface area contributed by atoms with E-state index in [1.165, 1.54) is 6.07 Å². The number of furan rings is 1. The molecule has 1 aliphatic rings. The summed E-state index contributed by atoms with van der Waals surface area (Å²) in [5.74, 6) is -2.85. The SMILES string of the molecule is C[C@H]1C[C@H](c2nc3c(F)cccc3s2)CCN1C[C@H](O)COc1cccc2occc12.O=C(O)C(=O)O. The van der Waals surface area contributed by atoms with Gasteiger partial charge in [-0.05, 0) is 56.6 Å². The molecular weight excluding hydrogens is 503 g/mol. The molecule has 0 aliphatic carbocycles. The Morgan fingerprint density at radius 3 is 2.68 bits per heavy atom. The number of aliphatic hydroxyl groups is 1. The summed E-state index contributed by atoms with van der Waals surface area (Å²) in [5.41, 5.74) is 1.26. The Kier molecular flexibility index (Phi) is 8.37. The molecule has 11 heteroatoms. The smallest absolute Gasteiger partial charge is 0.414 e. The van der Waals surface area contributed by atoms with Crippen molar-refractivity contribution in [3.8, 4) is 5.75 Å². The number of benzene rings is 2. The highest BCUT2D eigenvalue weighted by Gasteiger charge is 2.30. The fourth-order valence-corrected chi connectivity index (χ4v) is 5.55. The maximum absolute atomic E-state index is 14.0. The molecular formula is C26H27FN2O7S. The van der Waals surface area contributed by atoms with Crippen LogP contribution in [0.15, 0.2) is 53.1 Å². The summed E-state index contributed by atoms with van der Waals surface area (Å²) in [5, 5.41) is 27.3. The van der Waals surface area contributed by atoms with E-state index in [0.717, 1.165) is 45.8 Å². The van der Waals surface area contributed by atoms with E-state index in [1.54, 1.807) is 23.7 Å².